The van der Waals surface area contributed by atoms with Crippen molar-refractivity contribution in [3.8, 4) is 74.7 Å². The maximum Gasteiger partial charge on any atom is 0.303 e. The molecular weight excluding hydrogens is 1040 g/mol. The van der Waals surface area contributed by atoms with Gasteiger partial charge in [-0.3, -0.25) is 14.4 Å². The van der Waals surface area contributed by atoms with Gasteiger partial charge in [-0.1, -0.05) is 30.3 Å². The Morgan fingerprint density at radius 3 is 1.18 bits per heavy atom. The van der Waals surface area contributed by atoms with E-state index < -0.39 is 66.4 Å². The van der Waals surface area contributed by atoms with Gasteiger partial charge in [-0.05, 0) is 48.5 Å². The quantitative estimate of drug-likeness (QED) is 0.0581. The van der Waals surface area contributed by atoms with E-state index in [1.165, 1.54) is 77.6 Å². The summed E-state index contributed by atoms with van der Waals surface area (Å²) in [6.45, 7) is 3.95. The third-order valence-electron chi connectivity index (χ3n) is 14.5. The zero-order valence-electron chi connectivity index (χ0n) is 46.7. The molecule has 0 amide bonds. The van der Waals surface area contributed by atoms with Crippen LogP contribution in [0.25, 0.3) is 0 Å². The molecule has 19 heteroatoms. The van der Waals surface area contributed by atoms with E-state index in [9.17, 15) is 14.4 Å². The molecule has 9 rings (SSSR count). The van der Waals surface area contributed by atoms with Crippen LogP contribution < -0.4 is 61.6 Å². The summed E-state index contributed by atoms with van der Waals surface area (Å²) in [6.07, 6.45) is -6.56. The highest BCUT2D eigenvalue weighted by atomic mass is 16.6. The van der Waals surface area contributed by atoms with Crippen LogP contribution in [0.4, 0.5) is 0 Å². The molecule has 0 saturated heterocycles. The van der Waals surface area contributed by atoms with Gasteiger partial charge >= 0.3 is 17.9 Å². The van der Waals surface area contributed by atoms with Crippen molar-refractivity contribution in [2.75, 3.05) is 71.1 Å². The van der Waals surface area contributed by atoms with Gasteiger partial charge in [0.1, 0.15) is 46.4 Å². The topological polar surface area (TPSA) is 199 Å². The second-order valence-electron chi connectivity index (χ2n) is 18.9. The number of hydrogen-bond donors (Lipinski definition) is 0. The van der Waals surface area contributed by atoms with Crippen LogP contribution in [0.3, 0.4) is 0 Å². The second kappa shape index (κ2) is 23.6. The summed E-state index contributed by atoms with van der Waals surface area (Å²) in [5, 5.41) is 0. The highest BCUT2D eigenvalue weighted by Gasteiger charge is 2.52. The Labute approximate surface area is 463 Å². The Morgan fingerprint density at radius 1 is 0.400 bits per heavy atom. The predicted octanol–water partition coefficient (Wildman–Crippen LogP) is 9.78. The monoisotopic (exact) mass is 1100 g/mol. The van der Waals surface area contributed by atoms with Crippen molar-refractivity contribution in [3.05, 3.63) is 136 Å². The minimum absolute atomic E-state index is 0.0207. The minimum atomic E-state index is -1.21. The van der Waals surface area contributed by atoms with E-state index in [4.69, 9.17) is 75.8 Å². The molecule has 8 atom stereocenters. The first-order valence-corrected chi connectivity index (χ1v) is 25.5. The molecule has 0 spiro atoms. The molecule has 3 aliphatic rings. The van der Waals surface area contributed by atoms with E-state index in [0.717, 1.165) is 0 Å². The Hall–Kier alpha value is -8.87. The maximum absolute atomic E-state index is 13.9. The maximum atomic E-state index is 13.9. The van der Waals surface area contributed by atoms with Crippen LogP contribution in [0.2, 0.25) is 0 Å². The van der Waals surface area contributed by atoms with Gasteiger partial charge in [-0.15, -0.1) is 0 Å². The molecular formula is C61H64O19. The van der Waals surface area contributed by atoms with Crippen molar-refractivity contribution in [1.29, 1.82) is 0 Å². The molecule has 0 saturated carbocycles. The molecule has 0 radical (unpaired) electrons. The van der Waals surface area contributed by atoms with Gasteiger partial charge < -0.3 is 75.8 Å². The zero-order chi connectivity index (χ0) is 57.1. The van der Waals surface area contributed by atoms with Gasteiger partial charge in [0.2, 0.25) is 0 Å². The fourth-order valence-corrected chi connectivity index (χ4v) is 11.2. The summed E-state index contributed by atoms with van der Waals surface area (Å²) in [5.41, 5.74) is 3.91. The summed E-state index contributed by atoms with van der Waals surface area (Å²) in [5.74, 6) is 0.976. The van der Waals surface area contributed by atoms with E-state index in [2.05, 4.69) is 0 Å². The molecule has 19 nitrogen and oxygen atoms in total. The number of carbonyl (C=O) groups excluding carboxylic acids is 3. The van der Waals surface area contributed by atoms with E-state index >= 15 is 0 Å². The summed E-state index contributed by atoms with van der Waals surface area (Å²) >= 11 is 0. The molecule has 6 aromatic rings. The lowest BCUT2D eigenvalue weighted by Gasteiger charge is -2.44. The van der Waals surface area contributed by atoms with Crippen molar-refractivity contribution in [1.82, 2.24) is 0 Å². The molecule has 0 fully saturated rings. The Balaban J connectivity index is 1.44. The van der Waals surface area contributed by atoms with Crippen LogP contribution in [0.5, 0.6) is 74.7 Å². The van der Waals surface area contributed by atoms with E-state index in [0.29, 0.717) is 102 Å². The van der Waals surface area contributed by atoms with Gasteiger partial charge in [-0.2, -0.15) is 0 Å². The summed E-state index contributed by atoms with van der Waals surface area (Å²) in [7, 11) is 15.2. The van der Waals surface area contributed by atoms with Crippen molar-refractivity contribution < 1.29 is 90.2 Å². The third kappa shape index (κ3) is 10.3. The fourth-order valence-electron chi connectivity index (χ4n) is 11.2. The average molecular weight is 1100 g/mol. The van der Waals surface area contributed by atoms with Gasteiger partial charge in [-0.25, -0.2) is 0 Å². The molecule has 422 valence electrons. The highest BCUT2D eigenvalue weighted by Crippen LogP contribution is 2.62. The molecule has 3 heterocycles. The number of fused-ring (bicyclic) bond motifs is 3. The molecule has 80 heavy (non-hydrogen) atoms. The van der Waals surface area contributed by atoms with Crippen molar-refractivity contribution in [2.24, 2.45) is 0 Å². The number of rotatable bonds is 18. The lowest BCUT2D eigenvalue weighted by molar-refractivity contribution is -0.154. The van der Waals surface area contributed by atoms with Crippen molar-refractivity contribution >= 4 is 17.9 Å². The first kappa shape index (κ1) is 55.9. The molecule has 6 aromatic carbocycles. The zero-order valence-corrected chi connectivity index (χ0v) is 46.7. The smallest absolute Gasteiger partial charge is 0.303 e. The van der Waals surface area contributed by atoms with Crippen LogP contribution >= 0.6 is 0 Å². The number of esters is 3. The lowest BCUT2D eigenvalue weighted by Crippen LogP contribution is -2.41. The Bertz CT molecular complexity index is 3300. The largest absolute Gasteiger partial charge is 0.497 e. The van der Waals surface area contributed by atoms with Gasteiger partial charge in [0.25, 0.3) is 0 Å². The lowest BCUT2D eigenvalue weighted by atomic mass is 9.73. The van der Waals surface area contributed by atoms with Crippen LogP contribution in [-0.4, -0.2) is 107 Å². The average Bonchev–Trinajstić information content (AvgIpc) is 3.56. The number of methoxy groups -OCH3 is 10. The summed E-state index contributed by atoms with van der Waals surface area (Å²) in [4.78, 5) is 41.0. The Morgan fingerprint density at radius 2 is 0.800 bits per heavy atom. The molecule has 0 aliphatic carbocycles. The Kier molecular flexibility index (Phi) is 16.5. The highest BCUT2D eigenvalue weighted by molar-refractivity contribution is 5.74. The van der Waals surface area contributed by atoms with Gasteiger partial charge in [0, 0.05) is 83.8 Å². The molecule has 0 aromatic heterocycles. The van der Waals surface area contributed by atoms with E-state index in [1.54, 1.807) is 93.1 Å². The van der Waals surface area contributed by atoms with Crippen LogP contribution in [0.1, 0.15) is 95.4 Å². The predicted molar refractivity (Wildman–Crippen MR) is 288 cm³/mol. The number of benzene rings is 6. The standard InChI is InChI=1S/C61H64O19/c1-30(62)75-49-29-40-57(73-12)52(50-38-19-17-36(65-4)27-44(38)78-55(60(50)76-31(2)63)34-15-22-42(68-7)47(25-34)71-10)59(74-13)53(58(40)80-54(49)33-14-21-41(67-6)46(24-33)70-9)51-39-20-18-37(66-5)28-45(39)79-56(61(51)77-32(3)64)35-16-23-43(69-8)48(26-35)72-11/h14-28,49-51,54-56,60-61H,29H2,1-13H3/t49-,50?,51+,54+,55+,56+,60+,61+/m0/s1. The van der Waals surface area contributed by atoms with Crippen LogP contribution in [0.15, 0.2) is 91.0 Å². The van der Waals surface area contributed by atoms with Crippen LogP contribution in [-0.2, 0) is 35.0 Å². The molecule has 0 bridgehead atoms. The van der Waals surface area contributed by atoms with Gasteiger partial charge in [0.15, 0.2) is 65.0 Å². The minimum Gasteiger partial charge on any atom is -0.497 e. The third-order valence-corrected chi connectivity index (χ3v) is 14.5. The number of ether oxygens (including phenoxy) is 16. The molecule has 1 unspecified atom stereocenters. The van der Waals surface area contributed by atoms with Crippen molar-refractivity contribution in [3.63, 3.8) is 0 Å². The molecule has 0 N–H and O–H groups in total. The first-order chi connectivity index (χ1) is 38.7. The number of carbonyl (C=O) groups is 3. The second-order valence-corrected chi connectivity index (χ2v) is 18.9. The van der Waals surface area contributed by atoms with E-state index in [-0.39, 0.29) is 23.7 Å². The van der Waals surface area contributed by atoms with Crippen LogP contribution in [0, 0.1) is 0 Å². The fraction of sp³-hybridized carbons (Fsp3) is 0.361. The number of hydrogen-bond acceptors (Lipinski definition) is 19. The first-order valence-electron chi connectivity index (χ1n) is 25.5. The SMILES string of the molecule is COc1ccc2c(c1)O[C@H](c1ccc(OC)c(OC)c1)[C@H](OC(C)=O)C2c1c(OC)c2c(c([C@H]3c4ccc(OC)cc4O[C@H](c4ccc(OC)c(OC)c4)[C@@H]3OC(C)=O)c1OC)O[C@H](c1ccc(OC)c(OC)c1)[C@@H](OC(C)=O)C2. The molecule has 3 aliphatic heterocycles. The summed E-state index contributed by atoms with van der Waals surface area (Å²) < 4.78 is 100. The van der Waals surface area contributed by atoms with E-state index in [1.807, 2.05) is 12.1 Å². The van der Waals surface area contributed by atoms with Gasteiger partial charge in [0.05, 0.1) is 82.9 Å². The summed E-state index contributed by atoms with van der Waals surface area (Å²) in [6, 6.07) is 26.6. The normalized spacial score (nSPS) is 20.5. The van der Waals surface area contributed by atoms with Crippen molar-refractivity contribution in [2.45, 2.75) is 75.7 Å².